The third-order valence-corrected chi connectivity index (χ3v) is 3.20. The summed E-state index contributed by atoms with van der Waals surface area (Å²) in [5, 5.41) is 0. The quantitative estimate of drug-likeness (QED) is 0.832. The first-order chi connectivity index (χ1) is 8.56. The van der Waals surface area contributed by atoms with Crippen molar-refractivity contribution in [3.8, 4) is 0 Å². The zero-order chi connectivity index (χ0) is 13.1. The van der Waals surface area contributed by atoms with E-state index in [2.05, 4.69) is 24.8 Å². The van der Waals surface area contributed by atoms with Gasteiger partial charge in [0.15, 0.2) is 0 Å². The molecule has 0 saturated carbocycles. The Bertz CT molecular complexity index is 452. The van der Waals surface area contributed by atoms with E-state index in [9.17, 15) is 4.39 Å². The molecule has 1 radical (unpaired) electrons. The van der Waals surface area contributed by atoms with Gasteiger partial charge in [0.2, 0.25) is 0 Å². The third kappa shape index (κ3) is 3.10. The highest BCUT2D eigenvalue weighted by molar-refractivity contribution is 5.68. The molecule has 1 aliphatic heterocycles. The SMILES string of the molecule is C[C](C)CN1CC=C(c2ccc(N)c(F)c2)CC1. The number of nitrogens with zero attached hydrogens (tertiary/aromatic N) is 1. The van der Waals surface area contributed by atoms with Crippen molar-refractivity contribution in [3.63, 3.8) is 0 Å². The fourth-order valence-electron chi connectivity index (χ4n) is 2.29. The van der Waals surface area contributed by atoms with Gasteiger partial charge in [0.25, 0.3) is 0 Å². The molecule has 1 aromatic rings. The molecule has 0 atom stereocenters. The van der Waals surface area contributed by atoms with Crippen LogP contribution in [0.3, 0.4) is 0 Å². The van der Waals surface area contributed by atoms with E-state index in [1.807, 2.05) is 6.07 Å². The zero-order valence-corrected chi connectivity index (χ0v) is 11.0. The van der Waals surface area contributed by atoms with E-state index < -0.39 is 0 Å². The predicted molar refractivity (Wildman–Crippen MR) is 74.4 cm³/mol. The molecule has 0 fully saturated rings. The Kier molecular flexibility index (Phi) is 4.02. The molecule has 0 saturated heterocycles. The van der Waals surface area contributed by atoms with Gasteiger partial charge in [-0.05, 0) is 35.6 Å². The van der Waals surface area contributed by atoms with E-state index in [-0.39, 0.29) is 11.5 Å². The lowest BCUT2D eigenvalue weighted by Crippen LogP contribution is -2.31. The molecule has 18 heavy (non-hydrogen) atoms. The second kappa shape index (κ2) is 5.53. The van der Waals surface area contributed by atoms with Crippen LogP contribution >= 0.6 is 0 Å². The molecule has 1 aromatic carbocycles. The first-order valence-electron chi connectivity index (χ1n) is 6.32. The lowest BCUT2D eigenvalue weighted by atomic mass is 9.98. The van der Waals surface area contributed by atoms with Crippen LogP contribution in [0.25, 0.3) is 5.57 Å². The number of benzene rings is 1. The number of rotatable bonds is 3. The van der Waals surface area contributed by atoms with E-state index in [1.54, 1.807) is 6.07 Å². The van der Waals surface area contributed by atoms with Crippen LogP contribution in [0.5, 0.6) is 0 Å². The number of anilines is 1. The minimum absolute atomic E-state index is 0.216. The van der Waals surface area contributed by atoms with E-state index in [0.717, 1.165) is 31.6 Å². The molecule has 1 aliphatic rings. The highest BCUT2D eigenvalue weighted by Crippen LogP contribution is 2.25. The Hall–Kier alpha value is -1.35. The van der Waals surface area contributed by atoms with Gasteiger partial charge in [-0.15, -0.1) is 0 Å². The molecule has 1 heterocycles. The molecule has 0 spiro atoms. The molecule has 0 aliphatic carbocycles. The van der Waals surface area contributed by atoms with Crippen LogP contribution < -0.4 is 5.73 Å². The van der Waals surface area contributed by atoms with Gasteiger partial charge in [-0.2, -0.15) is 0 Å². The summed E-state index contributed by atoms with van der Waals surface area (Å²) in [5.74, 6) is 1.10. The minimum Gasteiger partial charge on any atom is -0.396 e. The summed E-state index contributed by atoms with van der Waals surface area (Å²) in [6.07, 6.45) is 3.16. The van der Waals surface area contributed by atoms with Crippen LogP contribution in [0.4, 0.5) is 10.1 Å². The Labute approximate surface area is 108 Å². The van der Waals surface area contributed by atoms with Crippen LogP contribution in [-0.2, 0) is 0 Å². The molecular weight excluding hydrogens is 227 g/mol. The van der Waals surface area contributed by atoms with Crippen molar-refractivity contribution < 1.29 is 4.39 Å². The first-order valence-corrected chi connectivity index (χ1v) is 6.32. The summed E-state index contributed by atoms with van der Waals surface area (Å²) in [4.78, 5) is 2.40. The largest absolute Gasteiger partial charge is 0.396 e. The molecule has 0 amide bonds. The smallest absolute Gasteiger partial charge is 0.146 e. The van der Waals surface area contributed by atoms with Crippen LogP contribution in [0.2, 0.25) is 0 Å². The van der Waals surface area contributed by atoms with Gasteiger partial charge in [-0.3, -0.25) is 4.90 Å². The highest BCUT2D eigenvalue weighted by atomic mass is 19.1. The van der Waals surface area contributed by atoms with Crippen molar-refractivity contribution in [1.29, 1.82) is 0 Å². The second-order valence-corrected chi connectivity index (χ2v) is 5.16. The molecule has 0 bridgehead atoms. The molecule has 2 N–H and O–H groups in total. The van der Waals surface area contributed by atoms with E-state index in [1.165, 1.54) is 17.6 Å². The van der Waals surface area contributed by atoms with Crippen LogP contribution in [0.1, 0.15) is 25.8 Å². The average Bonchev–Trinajstić information content (AvgIpc) is 2.33. The van der Waals surface area contributed by atoms with Crippen LogP contribution in [-0.4, -0.2) is 24.5 Å². The fraction of sp³-hybridized carbons (Fsp3) is 0.400. The molecule has 3 heteroatoms. The third-order valence-electron chi connectivity index (χ3n) is 3.20. The molecule has 0 aromatic heterocycles. The topological polar surface area (TPSA) is 29.3 Å². The monoisotopic (exact) mass is 247 g/mol. The normalized spacial score (nSPS) is 17.0. The van der Waals surface area contributed by atoms with E-state index in [4.69, 9.17) is 5.73 Å². The minimum atomic E-state index is -0.325. The van der Waals surface area contributed by atoms with Gasteiger partial charge in [0.05, 0.1) is 5.69 Å². The van der Waals surface area contributed by atoms with Gasteiger partial charge in [0.1, 0.15) is 5.82 Å². The van der Waals surface area contributed by atoms with Crippen molar-refractivity contribution >= 4 is 11.3 Å². The number of halogens is 1. The predicted octanol–water partition coefficient (Wildman–Crippen LogP) is 3.11. The Morgan fingerprint density at radius 2 is 2.17 bits per heavy atom. The highest BCUT2D eigenvalue weighted by Gasteiger charge is 2.14. The lowest BCUT2D eigenvalue weighted by Gasteiger charge is -2.27. The number of hydrogen-bond donors (Lipinski definition) is 1. The van der Waals surface area contributed by atoms with Crippen molar-refractivity contribution in [1.82, 2.24) is 4.90 Å². The van der Waals surface area contributed by atoms with Crippen molar-refractivity contribution in [2.75, 3.05) is 25.4 Å². The summed E-state index contributed by atoms with van der Waals surface area (Å²) in [7, 11) is 0. The molecular formula is C15H20FN2. The fourth-order valence-corrected chi connectivity index (χ4v) is 2.29. The van der Waals surface area contributed by atoms with Gasteiger partial charge >= 0.3 is 0 Å². The van der Waals surface area contributed by atoms with Crippen molar-refractivity contribution in [3.05, 3.63) is 41.6 Å². The van der Waals surface area contributed by atoms with Crippen LogP contribution in [0, 0.1) is 11.7 Å². The van der Waals surface area contributed by atoms with Gasteiger partial charge in [0, 0.05) is 19.6 Å². The maximum Gasteiger partial charge on any atom is 0.146 e. The molecule has 2 rings (SSSR count). The first kappa shape index (κ1) is 13.1. The van der Waals surface area contributed by atoms with Gasteiger partial charge in [-0.25, -0.2) is 4.39 Å². The Morgan fingerprint density at radius 3 is 2.72 bits per heavy atom. The maximum absolute atomic E-state index is 13.4. The zero-order valence-electron chi connectivity index (χ0n) is 11.0. The summed E-state index contributed by atoms with van der Waals surface area (Å²) >= 11 is 0. The lowest BCUT2D eigenvalue weighted by molar-refractivity contribution is 0.313. The van der Waals surface area contributed by atoms with E-state index in [0.29, 0.717) is 0 Å². The van der Waals surface area contributed by atoms with Crippen molar-refractivity contribution in [2.24, 2.45) is 0 Å². The number of nitrogen functional groups attached to an aromatic ring is 1. The average molecular weight is 247 g/mol. The second-order valence-electron chi connectivity index (χ2n) is 5.16. The molecule has 0 unspecified atom stereocenters. The summed E-state index contributed by atoms with van der Waals surface area (Å²) in [6, 6.07) is 5.08. The van der Waals surface area contributed by atoms with Crippen molar-refractivity contribution in [2.45, 2.75) is 20.3 Å². The summed E-state index contributed by atoms with van der Waals surface area (Å²) in [6.45, 7) is 7.30. The van der Waals surface area contributed by atoms with E-state index >= 15 is 0 Å². The molecule has 2 nitrogen and oxygen atoms in total. The summed E-state index contributed by atoms with van der Waals surface area (Å²) < 4.78 is 13.4. The standard InChI is InChI=1S/C15H20FN2/c1-11(2)10-18-7-5-12(6-8-18)13-3-4-15(17)14(16)9-13/h3-5,9H,6-8,10,17H2,1-2H3. The number of nitrogens with two attached hydrogens (primary N) is 1. The Morgan fingerprint density at radius 1 is 1.39 bits per heavy atom. The van der Waals surface area contributed by atoms with Gasteiger partial charge in [-0.1, -0.05) is 26.0 Å². The number of hydrogen-bond acceptors (Lipinski definition) is 2. The van der Waals surface area contributed by atoms with Crippen LogP contribution in [0.15, 0.2) is 24.3 Å². The summed E-state index contributed by atoms with van der Waals surface area (Å²) in [5.41, 5.74) is 7.88. The van der Waals surface area contributed by atoms with Gasteiger partial charge < -0.3 is 5.73 Å². The molecule has 97 valence electrons. The Balaban J connectivity index is 2.07. The maximum atomic E-state index is 13.4.